The molecule has 2 N–H and O–H groups in total. The number of hydrogen-bond donors (Lipinski definition) is 2. The summed E-state index contributed by atoms with van der Waals surface area (Å²) in [4.78, 5) is 25.2. The van der Waals surface area contributed by atoms with Crippen LogP contribution in [0.2, 0.25) is 0 Å². The molecule has 31 heavy (non-hydrogen) atoms. The Morgan fingerprint density at radius 2 is 2.06 bits per heavy atom. The molecule has 166 valence electrons. The van der Waals surface area contributed by atoms with E-state index in [9.17, 15) is 18.7 Å². The third kappa shape index (κ3) is 3.93. The second-order valence-corrected chi connectivity index (χ2v) is 8.72. The third-order valence-electron chi connectivity index (χ3n) is 6.17. The Hall–Kier alpha value is -2.82. The third-order valence-corrected chi connectivity index (χ3v) is 6.17. The van der Waals surface area contributed by atoms with Crippen LogP contribution in [0.15, 0.2) is 24.7 Å². The Bertz CT molecular complexity index is 968. The minimum Gasteiger partial charge on any atom is -0.391 e. The summed E-state index contributed by atoms with van der Waals surface area (Å²) in [7, 11) is 0. The van der Waals surface area contributed by atoms with Crippen LogP contribution in [0.3, 0.4) is 0 Å². The summed E-state index contributed by atoms with van der Waals surface area (Å²) in [6.07, 6.45) is 5.89. The van der Waals surface area contributed by atoms with Gasteiger partial charge in [-0.3, -0.25) is 9.48 Å². The number of rotatable bonds is 6. The topological polar surface area (TPSA) is 99.4 Å². The predicted molar refractivity (Wildman–Crippen MR) is 108 cm³/mol. The van der Waals surface area contributed by atoms with E-state index in [0.717, 1.165) is 18.7 Å². The van der Waals surface area contributed by atoms with Crippen molar-refractivity contribution in [3.05, 3.63) is 24.7 Å². The molecule has 11 heteroatoms. The molecule has 3 aliphatic rings. The van der Waals surface area contributed by atoms with Crippen molar-refractivity contribution in [3.8, 4) is 0 Å². The van der Waals surface area contributed by atoms with Crippen LogP contribution in [0.5, 0.6) is 0 Å². The van der Waals surface area contributed by atoms with Gasteiger partial charge in [0.15, 0.2) is 0 Å². The Kier molecular flexibility index (Phi) is 4.80. The zero-order chi connectivity index (χ0) is 21.8. The van der Waals surface area contributed by atoms with Gasteiger partial charge in [-0.2, -0.15) is 10.1 Å². The van der Waals surface area contributed by atoms with Crippen molar-refractivity contribution in [1.29, 1.82) is 0 Å². The summed E-state index contributed by atoms with van der Waals surface area (Å²) < 4.78 is 28.4. The molecule has 4 atom stereocenters. The molecule has 0 aromatic carbocycles. The van der Waals surface area contributed by atoms with E-state index in [4.69, 9.17) is 0 Å². The van der Waals surface area contributed by atoms with Crippen LogP contribution in [0.4, 0.5) is 26.2 Å². The van der Waals surface area contributed by atoms with Gasteiger partial charge in [-0.15, -0.1) is 0 Å². The minimum atomic E-state index is -2.83. The maximum absolute atomic E-state index is 13.4. The average molecular weight is 433 g/mol. The average Bonchev–Trinajstić information content (AvgIpc) is 3.00. The van der Waals surface area contributed by atoms with Crippen LogP contribution in [0.25, 0.3) is 0 Å². The molecule has 9 nitrogen and oxygen atoms in total. The van der Waals surface area contributed by atoms with Crippen molar-refractivity contribution < 1.29 is 18.7 Å². The van der Waals surface area contributed by atoms with E-state index in [0.29, 0.717) is 31.3 Å². The number of hydrogen-bond acceptors (Lipinski definition) is 7. The number of carbonyl (C=O) groups excluding carboxylic acids is 1. The van der Waals surface area contributed by atoms with Gasteiger partial charge < -0.3 is 20.2 Å². The lowest BCUT2D eigenvalue weighted by molar-refractivity contribution is -0.138. The number of halogens is 2. The van der Waals surface area contributed by atoms with E-state index in [1.165, 1.54) is 0 Å². The second kappa shape index (κ2) is 7.40. The number of aliphatic hydroxyl groups excluding tert-OH is 1. The molecule has 2 saturated heterocycles. The first-order valence-electron chi connectivity index (χ1n) is 10.6. The van der Waals surface area contributed by atoms with Crippen LogP contribution in [-0.2, 0) is 11.3 Å². The van der Waals surface area contributed by atoms with Gasteiger partial charge in [-0.1, -0.05) is 0 Å². The first kappa shape index (κ1) is 20.1. The minimum absolute atomic E-state index is 0.0623. The number of fused-ring (bicyclic) bond motifs is 2. The number of anilines is 3. The molecule has 1 saturated carbocycles. The Balaban J connectivity index is 1.26. The highest BCUT2D eigenvalue weighted by Gasteiger charge is 2.64. The van der Waals surface area contributed by atoms with Gasteiger partial charge in [0, 0.05) is 44.0 Å². The first-order valence-corrected chi connectivity index (χ1v) is 10.6. The van der Waals surface area contributed by atoms with Crippen LogP contribution >= 0.6 is 0 Å². The molecule has 1 aliphatic carbocycles. The molecular formula is C20H25F2N7O2. The van der Waals surface area contributed by atoms with Crippen molar-refractivity contribution >= 4 is 23.4 Å². The van der Waals surface area contributed by atoms with Gasteiger partial charge in [0.1, 0.15) is 11.7 Å². The molecule has 4 heterocycles. The van der Waals surface area contributed by atoms with E-state index in [1.807, 2.05) is 6.07 Å². The van der Waals surface area contributed by atoms with Crippen molar-refractivity contribution in [2.75, 3.05) is 23.3 Å². The number of piperazine rings is 1. The second-order valence-electron chi connectivity index (χ2n) is 8.72. The molecule has 2 aromatic heterocycles. The fourth-order valence-corrected chi connectivity index (χ4v) is 4.62. The van der Waals surface area contributed by atoms with Crippen molar-refractivity contribution in [1.82, 2.24) is 24.6 Å². The summed E-state index contributed by atoms with van der Waals surface area (Å²) >= 11 is 0. The summed E-state index contributed by atoms with van der Waals surface area (Å²) in [6.45, 7) is 3.23. The normalized spacial score (nSPS) is 27.3. The summed E-state index contributed by atoms with van der Waals surface area (Å²) in [5, 5.41) is 16.8. The van der Waals surface area contributed by atoms with Crippen molar-refractivity contribution in [3.63, 3.8) is 0 Å². The lowest BCUT2D eigenvalue weighted by atomic mass is 10.1. The molecule has 3 fully saturated rings. The van der Waals surface area contributed by atoms with E-state index in [1.54, 1.807) is 35.1 Å². The summed E-state index contributed by atoms with van der Waals surface area (Å²) in [5.41, 5.74) is 0.707. The van der Waals surface area contributed by atoms with Crippen LogP contribution in [-0.4, -0.2) is 72.9 Å². The largest absolute Gasteiger partial charge is 0.391 e. The van der Waals surface area contributed by atoms with Crippen LogP contribution in [0, 0.1) is 5.92 Å². The Morgan fingerprint density at radius 3 is 2.71 bits per heavy atom. The number of aromatic nitrogens is 4. The van der Waals surface area contributed by atoms with E-state index in [-0.39, 0.29) is 18.5 Å². The van der Waals surface area contributed by atoms with E-state index >= 15 is 0 Å². The highest BCUT2D eigenvalue weighted by molar-refractivity contribution is 5.84. The highest BCUT2D eigenvalue weighted by atomic mass is 19.3. The lowest BCUT2D eigenvalue weighted by Crippen LogP contribution is -2.56. The number of aliphatic hydroxyl groups is 1. The number of alkyl halides is 2. The van der Waals surface area contributed by atoms with Gasteiger partial charge in [-0.25, -0.2) is 13.8 Å². The molecule has 2 unspecified atom stereocenters. The monoisotopic (exact) mass is 433 g/mol. The summed E-state index contributed by atoms with van der Waals surface area (Å²) in [6, 6.07) is 1.69. The van der Waals surface area contributed by atoms with Gasteiger partial charge in [0.05, 0.1) is 24.5 Å². The molecule has 0 radical (unpaired) electrons. The molecule has 5 rings (SSSR count). The van der Waals surface area contributed by atoms with Gasteiger partial charge in [-0.05, 0) is 25.8 Å². The quantitative estimate of drug-likeness (QED) is 0.714. The highest BCUT2D eigenvalue weighted by Crippen LogP contribution is 2.51. The smallest absolute Gasteiger partial charge is 0.260 e. The maximum atomic E-state index is 13.4. The molecule has 2 aromatic rings. The van der Waals surface area contributed by atoms with Crippen LogP contribution < -0.4 is 10.2 Å². The van der Waals surface area contributed by atoms with Gasteiger partial charge in [0.2, 0.25) is 11.9 Å². The molecule has 2 aliphatic heterocycles. The molecule has 0 spiro atoms. The van der Waals surface area contributed by atoms with Crippen molar-refractivity contribution in [2.24, 2.45) is 5.92 Å². The lowest BCUT2D eigenvalue weighted by Gasteiger charge is -2.41. The summed E-state index contributed by atoms with van der Waals surface area (Å²) in [5.74, 6) is -3.21. The van der Waals surface area contributed by atoms with Crippen molar-refractivity contribution in [2.45, 2.75) is 56.8 Å². The SMILES string of the molecule is C[C@@H](O)Cn1cc(Nc2nccc(N3CC4CCC(C3)N4C(=O)[C@@H]3CC3(F)F)n2)cn1. The molecule has 2 bridgehead atoms. The predicted octanol–water partition coefficient (Wildman–Crippen LogP) is 1.63. The first-order chi connectivity index (χ1) is 14.8. The number of amides is 1. The van der Waals surface area contributed by atoms with Gasteiger partial charge in [0.25, 0.3) is 5.92 Å². The van der Waals surface area contributed by atoms with Gasteiger partial charge >= 0.3 is 0 Å². The Morgan fingerprint density at radius 1 is 1.35 bits per heavy atom. The van der Waals surface area contributed by atoms with Crippen LogP contribution in [0.1, 0.15) is 26.2 Å². The number of nitrogens with one attached hydrogen (secondary N) is 1. The zero-order valence-corrected chi connectivity index (χ0v) is 17.2. The fourth-order valence-electron chi connectivity index (χ4n) is 4.62. The van der Waals surface area contributed by atoms with E-state index < -0.39 is 23.9 Å². The standard InChI is InChI=1S/C20H25F2N7O2/c1-12(30)8-28-9-13(7-24-28)25-19-23-5-4-17(26-19)27-10-14-2-3-15(11-27)29(14)18(31)16-6-20(16,21)22/h4-5,7,9,12,14-16,30H,2-3,6,8,10-11H2,1H3,(H,23,25,26)/t12-,14?,15?,16+/m1/s1. The Labute approximate surface area is 178 Å². The van der Waals surface area contributed by atoms with E-state index in [2.05, 4.69) is 25.3 Å². The fraction of sp³-hybridized carbons (Fsp3) is 0.600. The maximum Gasteiger partial charge on any atom is 0.260 e. The molecule has 1 amide bonds. The number of nitrogens with zero attached hydrogens (tertiary/aromatic N) is 6. The number of carbonyl (C=O) groups is 1. The zero-order valence-electron chi connectivity index (χ0n) is 17.2. The molecular weight excluding hydrogens is 408 g/mol.